The molecule has 6 rings (SSSR count). The largest absolute Gasteiger partial charge is 0.398 e. The summed E-state index contributed by atoms with van der Waals surface area (Å²) in [5.41, 5.74) is 16.2. The number of hydrogen-bond acceptors (Lipinski definition) is 5. The number of benzene rings is 2. The summed E-state index contributed by atoms with van der Waals surface area (Å²) in [6.45, 7) is 13.3. The average molecular weight is 573 g/mol. The van der Waals surface area contributed by atoms with Gasteiger partial charge in [-0.05, 0) is 54.5 Å². The Balaban J connectivity index is 0.000000169. The highest BCUT2D eigenvalue weighted by Gasteiger charge is 2.75. The highest BCUT2D eigenvalue weighted by molar-refractivity contribution is 6.12. The summed E-state index contributed by atoms with van der Waals surface area (Å²) in [6, 6.07) is 16.0. The molecule has 4 unspecified atom stereocenters. The van der Waals surface area contributed by atoms with E-state index in [2.05, 4.69) is 43.9 Å². The van der Waals surface area contributed by atoms with E-state index < -0.39 is 5.41 Å². The predicted molar refractivity (Wildman–Crippen MR) is 172 cm³/mol. The van der Waals surface area contributed by atoms with Crippen molar-refractivity contribution < 1.29 is 9.59 Å². The maximum Gasteiger partial charge on any atom is 0.234 e. The summed E-state index contributed by atoms with van der Waals surface area (Å²) in [6.07, 6.45) is 9.78. The van der Waals surface area contributed by atoms with Crippen molar-refractivity contribution in [1.29, 1.82) is 0 Å². The van der Waals surface area contributed by atoms with E-state index in [1.54, 1.807) is 0 Å². The van der Waals surface area contributed by atoms with Crippen molar-refractivity contribution in [2.45, 2.75) is 89.9 Å². The van der Waals surface area contributed by atoms with Crippen molar-refractivity contribution in [1.82, 2.24) is 9.80 Å². The van der Waals surface area contributed by atoms with Crippen LogP contribution < -0.4 is 11.5 Å². The molecular weight excluding hydrogens is 520 g/mol. The molecule has 2 heterocycles. The lowest BCUT2D eigenvalue weighted by atomic mass is 9.90. The van der Waals surface area contributed by atoms with Crippen LogP contribution in [0.15, 0.2) is 48.5 Å². The fourth-order valence-electron chi connectivity index (χ4n) is 8.29. The number of rotatable bonds is 12. The molecule has 4 fully saturated rings. The van der Waals surface area contributed by atoms with Gasteiger partial charge >= 0.3 is 0 Å². The number of fused-ring (bicyclic) bond motifs is 2. The summed E-state index contributed by atoms with van der Waals surface area (Å²) >= 11 is 0. The molecule has 2 saturated heterocycles. The monoisotopic (exact) mass is 572 g/mol. The number of imide groups is 1. The van der Waals surface area contributed by atoms with Gasteiger partial charge in [-0.1, -0.05) is 103 Å². The maximum absolute atomic E-state index is 12.6. The number of piperidine rings is 2. The molecule has 2 aliphatic carbocycles. The molecule has 2 amide bonds. The second kappa shape index (κ2) is 12.4. The molecule has 0 spiro atoms. The van der Waals surface area contributed by atoms with Gasteiger partial charge in [-0.15, -0.1) is 0 Å². The lowest BCUT2D eigenvalue weighted by molar-refractivity contribution is -0.142. The number of para-hydroxylation sites is 2. The van der Waals surface area contributed by atoms with Gasteiger partial charge in [-0.25, -0.2) is 0 Å². The van der Waals surface area contributed by atoms with E-state index in [0.717, 1.165) is 48.8 Å². The minimum atomic E-state index is -0.403. The number of nitrogens with zero attached hydrogens (tertiary/aromatic N) is 2. The number of hydrogen-bond donors (Lipinski definition) is 2. The molecular formula is C36H52N4O2. The van der Waals surface area contributed by atoms with E-state index in [1.165, 1.54) is 55.8 Å². The van der Waals surface area contributed by atoms with Crippen LogP contribution in [0.3, 0.4) is 0 Å². The fraction of sp³-hybridized carbons (Fsp3) is 0.611. The summed E-state index contributed by atoms with van der Waals surface area (Å²) in [5.74, 6) is 1.23. The fourth-order valence-corrected chi connectivity index (χ4v) is 8.29. The first-order chi connectivity index (χ1) is 20.2. The molecule has 6 nitrogen and oxygen atoms in total. The van der Waals surface area contributed by atoms with Crippen molar-refractivity contribution in [3.63, 3.8) is 0 Å². The molecule has 2 aliphatic heterocycles. The third kappa shape index (κ3) is 5.36. The van der Waals surface area contributed by atoms with E-state index in [0.29, 0.717) is 17.6 Å². The van der Waals surface area contributed by atoms with Crippen LogP contribution in [0, 0.1) is 23.7 Å². The molecule has 2 aromatic rings. The predicted octanol–water partition coefficient (Wildman–Crippen LogP) is 6.39. The first kappa shape index (κ1) is 30.6. The maximum atomic E-state index is 12.6. The van der Waals surface area contributed by atoms with Gasteiger partial charge < -0.3 is 16.4 Å². The number of carbonyl (C=O) groups excluding carboxylic acids is 2. The summed E-state index contributed by atoms with van der Waals surface area (Å²) in [4.78, 5) is 29.3. The van der Waals surface area contributed by atoms with E-state index in [-0.39, 0.29) is 23.7 Å². The molecule has 0 bridgehead atoms. The number of carbonyl (C=O) groups is 2. The molecule has 228 valence electrons. The summed E-state index contributed by atoms with van der Waals surface area (Å²) < 4.78 is 0. The van der Waals surface area contributed by atoms with Gasteiger partial charge in [0.1, 0.15) is 0 Å². The molecule has 2 aromatic carbocycles. The SMILES string of the molecule is CCCCCCN1C(=O)C2C(C1=O)C2(C)c1ccccc1N.CCCCCCN1CC2C(C1)C2(C)c1ccccc1N. The van der Waals surface area contributed by atoms with Crippen LogP contribution in [0.25, 0.3) is 0 Å². The Morgan fingerprint density at radius 3 is 1.60 bits per heavy atom. The van der Waals surface area contributed by atoms with Crippen LogP contribution >= 0.6 is 0 Å². The van der Waals surface area contributed by atoms with Crippen LogP contribution in [0.2, 0.25) is 0 Å². The number of nitrogen functional groups attached to an aromatic ring is 2. The van der Waals surface area contributed by atoms with E-state index in [1.807, 2.05) is 37.3 Å². The van der Waals surface area contributed by atoms with E-state index in [4.69, 9.17) is 11.5 Å². The van der Waals surface area contributed by atoms with Crippen LogP contribution in [-0.4, -0.2) is 47.8 Å². The smallest absolute Gasteiger partial charge is 0.234 e. The van der Waals surface area contributed by atoms with E-state index in [9.17, 15) is 9.59 Å². The molecule has 4 aliphatic rings. The highest BCUT2D eigenvalue weighted by Crippen LogP contribution is 2.65. The number of unbranched alkanes of at least 4 members (excludes halogenated alkanes) is 6. The quantitative estimate of drug-likeness (QED) is 0.175. The van der Waals surface area contributed by atoms with Crippen molar-refractivity contribution in [2.75, 3.05) is 37.6 Å². The van der Waals surface area contributed by atoms with Gasteiger partial charge in [0.25, 0.3) is 0 Å². The molecule has 42 heavy (non-hydrogen) atoms. The van der Waals surface area contributed by atoms with Gasteiger partial charge in [-0.3, -0.25) is 14.5 Å². The Morgan fingerprint density at radius 2 is 1.12 bits per heavy atom. The van der Waals surface area contributed by atoms with Gasteiger partial charge in [0.15, 0.2) is 0 Å². The molecule has 0 aromatic heterocycles. The van der Waals surface area contributed by atoms with Crippen molar-refractivity contribution in [3.8, 4) is 0 Å². The Hall–Kier alpha value is -2.86. The van der Waals surface area contributed by atoms with Crippen LogP contribution in [0.4, 0.5) is 11.4 Å². The lowest BCUT2D eigenvalue weighted by Gasteiger charge is -2.25. The second-order valence-corrected chi connectivity index (χ2v) is 13.6. The van der Waals surface area contributed by atoms with Crippen molar-refractivity contribution in [2.24, 2.45) is 23.7 Å². The number of anilines is 2. The van der Waals surface area contributed by atoms with Gasteiger partial charge in [0.2, 0.25) is 11.8 Å². The minimum absolute atomic E-state index is 0.00254. The first-order valence-electron chi connectivity index (χ1n) is 16.5. The minimum Gasteiger partial charge on any atom is -0.398 e. The first-order valence-corrected chi connectivity index (χ1v) is 16.5. The van der Waals surface area contributed by atoms with Crippen LogP contribution in [-0.2, 0) is 20.4 Å². The topological polar surface area (TPSA) is 92.7 Å². The molecule has 4 N–H and O–H groups in total. The Kier molecular flexibility index (Phi) is 9.03. The number of nitrogens with two attached hydrogens (primary N) is 2. The molecule has 2 saturated carbocycles. The zero-order valence-electron chi connectivity index (χ0n) is 26.3. The van der Waals surface area contributed by atoms with Crippen LogP contribution in [0.1, 0.15) is 90.2 Å². The average Bonchev–Trinajstić information content (AvgIpc) is 3.60. The molecule has 6 heteroatoms. The van der Waals surface area contributed by atoms with Gasteiger partial charge in [0.05, 0.1) is 11.8 Å². The highest BCUT2D eigenvalue weighted by atomic mass is 16.2. The lowest BCUT2D eigenvalue weighted by Crippen LogP contribution is -2.38. The van der Waals surface area contributed by atoms with Gasteiger partial charge in [-0.2, -0.15) is 0 Å². The normalized spacial score (nSPS) is 31.0. The van der Waals surface area contributed by atoms with Crippen molar-refractivity contribution in [3.05, 3.63) is 59.7 Å². The Morgan fingerprint density at radius 1 is 0.667 bits per heavy atom. The number of likely N-dealkylation sites (tertiary alicyclic amines) is 2. The Labute approximate surface area is 253 Å². The third-order valence-corrected chi connectivity index (χ3v) is 11.1. The summed E-state index contributed by atoms with van der Waals surface area (Å²) in [5, 5.41) is 0. The zero-order valence-corrected chi connectivity index (χ0v) is 26.3. The third-order valence-electron chi connectivity index (χ3n) is 11.1. The second-order valence-electron chi connectivity index (χ2n) is 13.6. The molecule has 4 atom stereocenters. The summed E-state index contributed by atoms with van der Waals surface area (Å²) in [7, 11) is 0. The van der Waals surface area contributed by atoms with E-state index >= 15 is 0 Å². The van der Waals surface area contributed by atoms with Crippen LogP contribution in [0.5, 0.6) is 0 Å². The van der Waals surface area contributed by atoms with Crippen molar-refractivity contribution >= 4 is 23.2 Å². The van der Waals surface area contributed by atoms with Gasteiger partial charge in [0, 0.05) is 41.8 Å². The Bertz CT molecular complexity index is 1240. The zero-order chi connectivity index (χ0) is 30.1. The number of amides is 2. The molecule has 0 radical (unpaired) electrons. The standard InChI is InChI=1S/C18H24N2O2.C18H28N2/c1-3-4-5-8-11-20-16(21)14-15(17(20)22)18(14,2)12-9-6-7-10-13(12)19;1-3-4-5-8-11-20-12-15-16(13-20)18(15,2)14-9-6-7-10-17(14)19/h6-7,9-10,14-15H,3-5,8,11,19H2,1-2H3;6-7,9-10,15-16H,3-5,8,11-13,19H2,1-2H3.